The van der Waals surface area contributed by atoms with E-state index in [1.807, 2.05) is 4.90 Å². The number of nitriles is 1. The van der Waals surface area contributed by atoms with E-state index in [2.05, 4.69) is 11.0 Å². The van der Waals surface area contributed by atoms with Crippen LogP contribution in [0.4, 0.5) is 0 Å². The maximum atomic E-state index is 10.9. The second-order valence-corrected chi connectivity index (χ2v) is 2.94. The lowest BCUT2D eigenvalue weighted by Crippen LogP contribution is -2.47. The van der Waals surface area contributed by atoms with Gasteiger partial charge in [-0.25, -0.2) is 0 Å². The van der Waals surface area contributed by atoms with Crippen LogP contribution in [0.2, 0.25) is 0 Å². The molecule has 0 saturated carbocycles. The lowest BCUT2D eigenvalue weighted by atomic mass is 10.3. The molecule has 1 fully saturated rings. The standard InChI is InChI=1S/C8H13N3O/c1-8(12)11-6-4-10(3-2-9)5-7-11/h3-7H2,1H3. The Balaban J connectivity index is 2.30. The minimum absolute atomic E-state index is 0.131. The van der Waals surface area contributed by atoms with Crippen molar-refractivity contribution in [2.24, 2.45) is 0 Å². The molecule has 0 atom stereocenters. The van der Waals surface area contributed by atoms with Crippen molar-refractivity contribution in [1.29, 1.82) is 5.26 Å². The van der Waals surface area contributed by atoms with Crippen LogP contribution in [-0.4, -0.2) is 48.4 Å². The lowest BCUT2D eigenvalue weighted by molar-refractivity contribution is -0.130. The third-order valence-electron chi connectivity index (χ3n) is 2.11. The van der Waals surface area contributed by atoms with Gasteiger partial charge in [-0.1, -0.05) is 0 Å². The molecule has 1 rings (SSSR count). The molecular weight excluding hydrogens is 154 g/mol. The molecule has 0 aromatic heterocycles. The third-order valence-corrected chi connectivity index (χ3v) is 2.11. The lowest BCUT2D eigenvalue weighted by Gasteiger charge is -2.32. The second-order valence-electron chi connectivity index (χ2n) is 2.94. The fourth-order valence-electron chi connectivity index (χ4n) is 1.32. The SMILES string of the molecule is CC(=O)N1CCN(CC#N)CC1. The molecule has 0 spiro atoms. The van der Waals surface area contributed by atoms with Crippen LogP contribution in [0.15, 0.2) is 0 Å². The van der Waals surface area contributed by atoms with Crippen LogP contribution in [0.5, 0.6) is 0 Å². The van der Waals surface area contributed by atoms with Gasteiger partial charge in [0.2, 0.25) is 5.91 Å². The summed E-state index contributed by atoms with van der Waals surface area (Å²) >= 11 is 0. The van der Waals surface area contributed by atoms with E-state index in [4.69, 9.17) is 5.26 Å². The highest BCUT2D eigenvalue weighted by Gasteiger charge is 2.17. The summed E-state index contributed by atoms with van der Waals surface area (Å²) in [6, 6.07) is 2.10. The minimum Gasteiger partial charge on any atom is -0.340 e. The molecule has 0 aromatic carbocycles. The Bertz CT molecular complexity index is 201. The predicted octanol–water partition coefficient (Wildman–Crippen LogP) is -0.326. The molecule has 0 aromatic rings. The summed E-state index contributed by atoms with van der Waals surface area (Å²) in [5.41, 5.74) is 0. The molecule has 1 aliphatic heterocycles. The zero-order valence-corrected chi connectivity index (χ0v) is 7.29. The van der Waals surface area contributed by atoms with Crippen molar-refractivity contribution in [3.8, 4) is 6.07 Å². The molecule has 12 heavy (non-hydrogen) atoms. The van der Waals surface area contributed by atoms with E-state index in [9.17, 15) is 4.79 Å². The Morgan fingerprint density at radius 3 is 2.42 bits per heavy atom. The average molecular weight is 167 g/mol. The van der Waals surface area contributed by atoms with Gasteiger partial charge in [-0.15, -0.1) is 0 Å². The Hall–Kier alpha value is -1.08. The van der Waals surface area contributed by atoms with E-state index < -0.39 is 0 Å². The Labute approximate surface area is 72.4 Å². The van der Waals surface area contributed by atoms with Crippen molar-refractivity contribution in [3.63, 3.8) is 0 Å². The number of hydrogen-bond donors (Lipinski definition) is 0. The summed E-state index contributed by atoms with van der Waals surface area (Å²) in [6.45, 7) is 5.24. The predicted molar refractivity (Wildman–Crippen MR) is 44.3 cm³/mol. The highest BCUT2D eigenvalue weighted by atomic mass is 16.2. The number of hydrogen-bond acceptors (Lipinski definition) is 3. The van der Waals surface area contributed by atoms with E-state index >= 15 is 0 Å². The first-order valence-electron chi connectivity index (χ1n) is 4.09. The molecule has 0 radical (unpaired) electrons. The van der Waals surface area contributed by atoms with Crippen LogP contribution in [0, 0.1) is 11.3 Å². The van der Waals surface area contributed by atoms with Gasteiger partial charge in [0.05, 0.1) is 12.6 Å². The van der Waals surface area contributed by atoms with Crippen LogP contribution >= 0.6 is 0 Å². The smallest absolute Gasteiger partial charge is 0.219 e. The Morgan fingerprint density at radius 2 is 2.00 bits per heavy atom. The van der Waals surface area contributed by atoms with E-state index in [0.29, 0.717) is 6.54 Å². The number of rotatable bonds is 1. The van der Waals surface area contributed by atoms with Crippen LogP contribution in [0.3, 0.4) is 0 Å². The van der Waals surface area contributed by atoms with Crippen LogP contribution in [0.25, 0.3) is 0 Å². The minimum atomic E-state index is 0.131. The molecule has 0 N–H and O–H groups in total. The highest BCUT2D eigenvalue weighted by molar-refractivity contribution is 5.73. The maximum absolute atomic E-state index is 10.9. The molecule has 1 heterocycles. The largest absolute Gasteiger partial charge is 0.340 e. The topological polar surface area (TPSA) is 47.3 Å². The monoisotopic (exact) mass is 167 g/mol. The quantitative estimate of drug-likeness (QED) is 0.503. The Kier molecular flexibility index (Phi) is 3.06. The molecule has 1 saturated heterocycles. The van der Waals surface area contributed by atoms with E-state index in [-0.39, 0.29) is 5.91 Å². The summed E-state index contributed by atoms with van der Waals surface area (Å²) in [5, 5.41) is 8.42. The van der Waals surface area contributed by atoms with Gasteiger partial charge in [0.1, 0.15) is 0 Å². The molecule has 4 nitrogen and oxygen atoms in total. The van der Waals surface area contributed by atoms with E-state index in [1.54, 1.807) is 6.92 Å². The fraction of sp³-hybridized carbons (Fsp3) is 0.750. The van der Waals surface area contributed by atoms with Crippen molar-refractivity contribution >= 4 is 5.91 Å². The van der Waals surface area contributed by atoms with Crippen molar-refractivity contribution in [2.45, 2.75) is 6.92 Å². The molecule has 0 aliphatic carbocycles. The van der Waals surface area contributed by atoms with Gasteiger partial charge in [-0.3, -0.25) is 9.69 Å². The van der Waals surface area contributed by atoms with Gasteiger partial charge in [0.25, 0.3) is 0 Å². The molecule has 0 unspecified atom stereocenters. The number of carbonyl (C=O) groups is 1. The van der Waals surface area contributed by atoms with E-state index in [0.717, 1.165) is 26.2 Å². The molecule has 0 bridgehead atoms. The number of nitrogens with zero attached hydrogens (tertiary/aromatic N) is 3. The van der Waals surface area contributed by atoms with Gasteiger partial charge < -0.3 is 4.90 Å². The second kappa shape index (κ2) is 4.07. The van der Waals surface area contributed by atoms with Crippen molar-refractivity contribution in [2.75, 3.05) is 32.7 Å². The van der Waals surface area contributed by atoms with Crippen LogP contribution in [0.1, 0.15) is 6.92 Å². The van der Waals surface area contributed by atoms with E-state index in [1.165, 1.54) is 0 Å². The summed E-state index contributed by atoms with van der Waals surface area (Å²) in [4.78, 5) is 14.8. The van der Waals surface area contributed by atoms with Gasteiger partial charge in [0.15, 0.2) is 0 Å². The zero-order valence-electron chi connectivity index (χ0n) is 7.29. The highest BCUT2D eigenvalue weighted by Crippen LogP contribution is 2.00. The first kappa shape index (κ1) is 9.01. The summed E-state index contributed by atoms with van der Waals surface area (Å²) in [6.07, 6.45) is 0. The normalized spacial score (nSPS) is 18.8. The molecular formula is C8H13N3O. The summed E-state index contributed by atoms with van der Waals surface area (Å²) in [7, 11) is 0. The molecule has 4 heteroatoms. The number of piperazine rings is 1. The van der Waals surface area contributed by atoms with Gasteiger partial charge >= 0.3 is 0 Å². The summed E-state index contributed by atoms with van der Waals surface area (Å²) in [5.74, 6) is 0.131. The van der Waals surface area contributed by atoms with Gasteiger partial charge in [-0.2, -0.15) is 5.26 Å². The van der Waals surface area contributed by atoms with Gasteiger partial charge in [-0.05, 0) is 0 Å². The maximum Gasteiger partial charge on any atom is 0.219 e. The zero-order chi connectivity index (χ0) is 8.97. The van der Waals surface area contributed by atoms with Crippen molar-refractivity contribution in [3.05, 3.63) is 0 Å². The number of carbonyl (C=O) groups excluding carboxylic acids is 1. The number of amides is 1. The van der Waals surface area contributed by atoms with Crippen LogP contribution in [-0.2, 0) is 4.79 Å². The Morgan fingerprint density at radius 1 is 1.42 bits per heavy atom. The third kappa shape index (κ3) is 2.21. The summed E-state index contributed by atoms with van der Waals surface area (Å²) < 4.78 is 0. The van der Waals surface area contributed by atoms with Crippen LogP contribution < -0.4 is 0 Å². The molecule has 1 amide bonds. The average Bonchev–Trinajstić information content (AvgIpc) is 2.06. The first-order valence-corrected chi connectivity index (χ1v) is 4.09. The molecule has 66 valence electrons. The fourth-order valence-corrected chi connectivity index (χ4v) is 1.32. The van der Waals surface area contributed by atoms with Crippen molar-refractivity contribution in [1.82, 2.24) is 9.80 Å². The van der Waals surface area contributed by atoms with Gasteiger partial charge in [0, 0.05) is 33.1 Å². The van der Waals surface area contributed by atoms with Crippen molar-refractivity contribution < 1.29 is 4.79 Å². The first-order chi connectivity index (χ1) is 5.74. The molecule has 1 aliphatic rings.